The van der Waals surface area contributed by atoms with Gasteiger partial charge in [-0.05, 0) is 61.9 Å². The lowest BCUT2D eigenvalue weighted by atomic mass is 10.1. The fourth-order valence-electron chi connectivity index (χ4n) is 2.40. The van der Waals surface area contributed by atoms with Crippen molar-refractivity contribution in [3.8, 4) is 0 Å². The molecule has 4 nitrogen and oxygen atoms in total. The number of carbonyl (C=O) groups is 1. The van der Waals surface area contributed by atoms with E-state index in [2.05, 4.69) is 10.4 Å². The van der Waals surface area contributed by atoms with Crippen LogP contribution in [0.3, 0.4) is 0 Å². The Bertz CT molecular complexity index is 726. The summed E-state index contributed by atoms with van der Waals surface area (Å²) < 4.78 is 38.8. The molecule has 0 fully saturated rings. The maximum atomic E-state index is 12.3. The molecular weight excluding hydrogens is 351 g/mol. The molecule has 0 saturated heterocycles. The summed E-state index contributed by atoms with van der Waals surface area (Å²) in [5, 5.41) is 7.19. The summed E-state index contributed by atoms with van der Waals surface area (Å²) in [5.74, 6) is -0.134. The van der Waals surface area contributed by atoms with E-state index in [1.54, 1.807) is 0 Å². The fourth-order valence-corrected chi connectivity index (χ4v) is 2.94. The highest BCUT2D eigenvalue weighted by Crippen LogP contribution is 2.36. The number of hydrogen-bond donors (Lipinski definition) is 1. The Balaban J connectivity index is 1.86. The van der Waals surface area contributed by atoms with Gasteiger partial charge in [0.15, 0.2) is 0 Å². The van der Waals surface area contributed by atoms with Crippen LogP contribution in [0.2, 0.25) is 0 Å². The maximum Gasteiger partial charge on any atom is 0.446 e. The third-order valence-electron chi connectivity index (χ3n) is 3.55. The van der Waals surface area contributed by atoms with Crippen LogP contribution in [0.1, 0.15) is 28.7 Å². The number of aromatic nitrogens is 2. The molecule has 0 unspecified atom stereocenters. The highest BCUT2D eigenvalue weighted by atomic mass is 32.2. The number of nitrogens with zero attached hydrogens (tertiary/aromatic N) is 2. The third-order valence-corrected chi connectivity index (χ3v) is 4.29. The first kappa shape index (κ1) is 19.4. The van der Waals surface area contributed by atoms with Crippen LogP contribution < -0.4 is 5.32 Å². The minimum absolute atomic E-state index is 0.0574. The van der Waals surface area contributed by atoms with Crippen molar-refractivity contribution < 1.29 is 18.0 Å². The number of alkyl halides is 3. The van der Waals surface area contributed by atoms with E-state index in [1.165, 1.54) is 24.3 Å². The van der Waals surface area contributed by atoms with E-state index in [0.29, 0.717) is 18.7 Å². The number of aryl methyl sites for hydroxylation is 2. The Kier molecular flexibility index (Phi) is 6.16. The predicted molar refractivity (Wildman–Crippen MR) is 91.6 cm³/mol. The highest BCUT2D eigenvalue weighted by Gasteiger charge is 2.29. The summed E-state index contributed by atoms with van der Waals surface area (Å²) in [6.07, 6.45) is 0. The van der Waals surface area contributed by atoms with Crippen molar-refractivity contribution in [2.45, 2.75) is 37.7 Å². The SMILES string of the molecule is Cc1cc(C)n(C[C@@H](C)CNC(=O)c2ccc(SC(F)(F)F)cc2)n1. The first-order valence-corrected chi connectivity index (χ1v) is 8.61. The van der Waals surface area contributed by atoms with E-state index in [1.807, 2.05) is 31.5 Å². The standard InChI is InChI=1S/C17H20F3N3OS/c1-11(10-23-13(3)8-12(2)22-23)9-21-16(24)14-4-6-15(7-5-14)25-17(18,19)20/h4-8,11H,9-10H2,1-3H3,(H,21,24)/t11-/m0/s1. The zero-order valence-electron chi connectivity index (χ0n) is 14.2. The summed E-state index contributed by atoms with van der Waals surface area (Å²) in [4.78, 5) is 12.2. The highest BCUT2D eigenvalue weighted by molar-refractivity contribution is 8.00. The molecule has 1 aromatic heterocycles. The Morgan fingerprint density at radius 1 is 1.28 bits per heavy atom. The summed E-state index contributed by atoms with van der Waals surface area (Å²) in [5.41, 5.74) is -1.98. The minimum Gasteiger partial charge on any atom is -0.352 e. The molecular formula is C17H20F3N3OS. The van der Waals surface area contributed by atoms with Gasteiger partial charge in [-0.25, -0.2) is 0 Å². The Labute approximate surface area is 148 Å². The molecule has 8 heteroatoms. The second kappa shape index (κ2) is 7.95. The predicted octanol–water partition coefficient (Wildman–Crippen LogP) is 4.18. The Hall–Kier alpha value is -1.96. The van der Waals surface area contributed by atoms with Crippen LogP contribution in [0, 0.1) is 19.8 Å². The Morgan fingerprint density at radius 2 is 1.92 bits per heavy atom. The molecule has 0 spiro atoms. The van der Waals surface area contributed by atoms with Crippen LogP contribution in [-0.4, -0.2) is 27.7 Å². The smallest absolute Gasteiger partial charge is 0.352 e. The zero-order valence-corrected chi connectivity index (χ0v) is 15.0. The van der Waals surface area contributed by atoms with Crippen molar-refractivity contribution in [1.29, 1.82) is 0 Å². The lowest BCUT2D eigenvalue weighted by molar-refractivity contribution is -0.0328. The van der Waals surface area contributed by atoms with Crippen LogP contribution >= 0.6 is 11.8 Å². The molecule has 0 radical (unpaired) electrons. The number of amides is 1. The van der Waals surface area contributed by atoms with Gasteiger partial charge in [-0.15, -0.1) is 0 Å². The minimum atomic E-state index is -4.33. The normalized spacial score (nSPS) is 12.9. The van der Waals surface area contributed by atoms with Gasteiger partial charge in [-0.3, -0.25) is 9.48 Å². The second-order valence-electron chi connectivity index (χ2n) is 6.00. The molecule has 136 valence electrons. The molecule has 0 aliphatic heterocycles. The van der Waals surface area contributed by atoms with Gasteiger partial charge in [0.05, 0.1) is 5.69 Å². The number of nitrogens with one attached hydrogen (secondary N) is 1. The number of benzene rings is 1. The lowest BCUT2D eigenvalue weighted by Gasteiger charge is -2.14. The fraction of sp³-hybridized carbons (Fsp3) is 0.412. The summed E-state index contributed by atoms with van der Waals surface area (Å²) in [6, 6.07) is 7.38. The molecule has 0 aliphatic carbocycles. The summed E-state index contributed by atoms with van der Waals surface area (Å²) in [7, 11) is 0. The molecule has 0 bridgehead atoms. The van der Waals surface area contributed by atoms with E-state index < -0.39 is 5.51 Å². The first-order valence-electron chi connectivity index (χ1n) is 7.79. The number of thioether (sulfide) groups is 1. The van der Waals surface area contributed by atoms with Gasteiger partial charge in [0.2, 0.25) is 0 Å². The maximum absolute atomic E-state index is 12.3. The van der Waals surface area contributed by atoms with Crippen molar-refractivity contribution in [1.82, 2.24) is 15.1 Å². The second-order valence-corrected chi connectivity index (χ2v) is 7.14. The van der Waals surface area contributed by atoms with Gasteiger partial charge < -0.3 is 5.32 Å². The third kappa shape index (κ3) is 6.12. The summed E-state index contributed by atoms with van der Waals surface area (Å²) in [6.45, 7) is 7.04. The molecule has 1 amide bonds. The van der Waals surface area contributed by atoms with Crippen molar-refractivity contribution in [3.63, 3.8) is 0 Å². The largest absolute Gasteiger partial charge is 0.446 e. The molecule has 1 atom stereocenters. The number of halogens is 3. The van der Waals surface area contributed by atoms with Crippen LogP contribution in [0.15, 0.2) is 35.2 Å². The topological polar surface area (TPSA) is 46.9 Å². The number of hydrogen-bond acceptors (Lipinski definition) is 3. The van der Waals surface area contributed by atoms with Crippen molar-refractivity contribution in [3.05, 3.63) is 47.3 Å². The monoisotopic (exact) mass is 371 g/mol. The van der Waals surface area contributed by atoms with Crippen molar-refractivity contribution in [2.75, 3.05) is 6.54 Å². The molecule has 1 heterocycles. The van der Waals surface area contributed by atoms with Gasteiger partial charge in [0.25, 0.3) is 5.91 Å². The van der Waals surface area contributed by atoms with Crippen LogP contribution in [0.4, 0.5) is 13.2 Å². The average Bonchev–Trinajstić information content (AvgIpc) is 2.81. The lowest BCUT2D eigenvalue weighted by Crippen LogP contribution is -2.30. The molecule has 25 heavy (non-hydrogen) atoms. The number of carbonyl (C=O) groups excluding carboxylic acids is 1. The van der Waals surface area contributed by atoms with Crippen LogP contribution in [-0.2, 0) is 6.54 Å². The van der Waals surface area contributed by atoms with Gasteiger partial charge in [-0.1, -0.05) is 6.92 Å². The van der Waals surface area contributed by atoms with E-state index in [-0.39, 0.29) is 28.5 Å². The van der Waals surface area contributed by atoms with Crippen molar-refractivity contribution in [2.24, 2.45) is 5.92 Å². The van der Waals surface area contributed by atoms with E-state index >= 15 is 0 Å². The zero-order chi connectivity index (χ0) is 18.6. The quantitative estimate of drug-likeness (QED) is 0.775. The van der Waals surface area contributed by atoms with Gasteiger partial charge >= 0.3 is 5.51 Å². The van der Waals surface area contributed by atoms with Gasteiger partial charge in [0.1, 0.15) is 0 Å². The van der Waals surface area contributed by atoms with Crippen LogP contribution in [0.25, 0.3) is 0 Å². The molecule has 2 rings (SSSR count). The van der Waals surface area contributed by atoms with Gasteiger partial charge in [0, 0.05) is 29.2 Å². The molecule has 0 aliphatic rings. The number of rotatable bonds is 6. The van der Waals surface area contributed by atoms with Crippen LogP contribution in [0.5, 0.6) is 0 Å². The van der Waals surface area contributed by atoms with E-state index in [9.17, 15) is 18.0 Å². The van der Waals surface area contributed by atoms with E-state index in [0.717, 1.165) is 11.4 Å². The van der Waals surface area contributed by atoms with Gasteiger partial charge in [-0.2, -0.15) is 18.3 Å². The summed E-state index contributed by atoms with van der Waals surface area (Å²) >= 11 is -0.197. The molecule has 1 aromatic carbocycles. The molecule has 0 saturated carbocycles. The average molecular weight is 371 g/mol. The molecule has 2 aromatic rings. The molecule has 1 N–H and O–H groups in total. The van der Waals surface area contributed by atoms with E-state index in [4.69, 9.17) is 0 Å². The first-order chi connectivity index (χ1) is 11.6. The van der Waals surface area contributed by atoms with Crippen molar-refractivity contribution >= 4 is 17.7 Å². The Morgan fingerprint density at radius 3 is 2.44 bits per heavy atom.